The van der Waals surface area contributed by atoms with Crippen LogP contribution in [0, 0.1) is 5.82 Å². The average molecular weight is 190 g/mol. The second kappa shape index (κ2) is 2.82. The average Bonchev–Trinajstić information content (AvgIpc) is 2.90. The molecule has 1 aliphatic heterocycles. The molecule has 1 fully saturated rings. The van der Waals surface area contributed by atoms with E-state index in [2.05, 4.69) is 10.3 Å². The lowest BCUT2D eigenvalue weighted by Gasteiger charge is -1.95. The summed E-state index contributed by atoms with van der Waals surface area (Å²) < 4.78 is 13.0. The van der Waals surface area contributed by atoms with Gasteiger partial charge in [-0.3, -0.25) is 0 Å². The van der Waals surface area contributed by atoms with Gasteiger partial charge in [0.15, 0.2) is 0 Å². The fourth-order valence-electron chi connectivity index (χ4n) is 1.81. The minimum atomic E-state index is -0.165. The van der Waals surface area contributed by atoms with Crippen LogP contribution in [0.5, 0.6) is 0 Å². The van der Waals surface area contributed by atoms with Gasteiger partial charge in [-0.15, -0.1) is 0 Å². The molecule has 2 nitrogen and oxygen atoms in total. The molecule has 1 aliphatic rings. The second-order valence-corrected chi connectivity index (χ2v) is 3.81. The zero-order chi connectivity index (χ0) is 9.54. The van der Waals surface area contributed by atoms with Gasteiger partial charge in [-0.1, -0.05) is 0 Å². The van der Waals surface area contributed by atoms with E-state index >= 15 is 0 Å². The Morgan fingerprint density at radius 2 is 2.29 bits per heavy atom. The molecule has 0 radical (unpaired) electrons. The topological polar surface area (TPSA) is 37.7 Å². The normalized spacial score (nSPS) is 20.2. The van der Waals surface area contributed by atoms with Crippen molar-refractivity contribution < 1.29 is 4.39 Å². The zero-order valence-electron chi connectivity index (χ0n) is 7.68. The lowest BCUT2D eigenvalue weighted by Crippen LogP contribution is -1.95. The van der Waals surface area contributed by atoms with Crippen molar-refractivity contribution in [3.63, 3.8) is 0 Å². The quantitative estimate of drug-likeness (QED) is 0.696. The maximum absolute atomic E-state index is 13.0. The van der Waals surface area contributed by atoms with E-state index in [0.717, 1.165) is 23.9 Å². The number of halogens is 1. The molecule has 1 saturated heterocycles. The van der Waals surface area contributed by atoms with Crippen LogP contribution in [0.4, 0.5) is 4.39 Å². The molecule has 1 aromatic heterocycles. The number of benzene rings is 1. The minimum absolute atomic E-state index is 0.165. The Balaban J connectivity index is 2.08. The maximum atomic E-state index is 13.0. The van der Waals surface area contributed by atoms with E-state index in [0.29, 0.717) is 6.04 Å². The molecular weight excluding hydrogens is 179 g/mol. The second-order valence-electron chi connectivity index (χ2n) is 3.81. The summed E-state index contributed by atoms with van der Waals surface area (Å²) in [5.74, 6) is -0.165. The van der Waals surface area contributed by atoms with Gasteiger partial charge in [0.1, 0.15) is 5.82 Å². The fourth-order valence-corrected chi connectivity index (χ4v) is 1.81. The molecule has 1 atom stereocenters. The zero-order valence-corrected chi connectivity index (χ0v) is 7.68. The first kappa shape index (κ1) is 8.00. The van der Waals surface area contributed by atoms with Gasteiger partial charge in [-0.2, -0.15) is 0 Å². The first-order valence-corrected chi connectivity index (χ1v) is 4.82. The maximum Gasteiger partial charge on any atom is 0.123 e. The molecule has 1 aromatic carbocycles. The highest BCUT2D eigenvalue weighted by Crippen LogP contribution is 2.21. The van der Waals surface area contributed by atoms with Crippen LogP contribution < -0.4 is 5.32 Å². The predicted molar refractivity (Wildman–Crippen MR) is 53.8 cm³/mol. The van der Waals surface area contributed by atoms with Gasteiger partial charge in [0.2, 0.25) is 0 Å². The Bertz CT molecular complexity index is 471. The molecule has 0 spiro atoms. The molecule has 72 valence electrons. The van der Waals surface area contributed by atoms with Crippen LogP contribution in [0.1, 0.15) is 5.56 Å². The summed E-state index contributed by atoms with van der Waals surface area (Å²) in [5, 5.41) is 4.26. The molecular formula is C11H11FN2. The predicted octanol–water partition coefficient (Wildman–Crippen LogP) is 1.82. The molecule has 0 unspecified atom stereocenters. The number of rotatable bonds is 2. The Kier molecular flexibility index (Phi) is 1.61. The largest absolute Gasteiger partial charge is 0.361 e. The Morgan fingerprint density at radius 1 is 1.43 bits per heavy atom. The van der Waals surface area contributed by atoms with E-state index in [9.17, 15) is 4.39 Å². The third-order valence-corrected chi connectivity index (χ3v) is 2.69. The van der Waals surface area contributed by atoms with E-state index in [1.165, 1.54) is 11.6 Å². The van der Waals surface area contributed by atoms with Gasteiger partial charge in [0, 0.05) is 29.7 Å². The van der Waals surface area contributed by atoms with Crippen LogP contribution >= 0.6 is 0 Å². The van der Waals surface area contributed by atoms with Crippen LogP contribution in [-0.2, 0) is 6.42 Å². The van der Waals surface area contributed by atoms with Crippen molar-refractivity contribution in [1.29, 1.82) is 0 Å². The number of hydrogen-bond donors (Lipinski definition) is 2. The van der Waals surface area contributed by atoms with Crippen LogP contribution in [-0.4, -0.2) is 17.6 Å². The number of nitrogens with one attached hydrogen (secondary N) is 2. The van der Waals surface area contributed by atoms with Crippen molar-refractivity contribution in [1.82, 2.24) is 10.3 Å². The van der Waals surface area contributed by atoms with E-state index in [-0.39, 0.29) is 5.82 Å². The number of fused-ring (bicyclic) bond motifs is 1. The summed E-state index contributed by atoms with van der Waals surface area (Å²) in [6.07, 6.45) is 2.97. The van der Waals surface area contributed by atoms with Crippen molar-refractivity contribution in [3.05, 3.63) is 35.8 Å². The van der Waals surface area contributed by atoms with E-state index in [1.54, 1.807) is 12.1 Å². The van der Waals surface area contributed by atoms with Gasteiger partial charge >= 0.3 is 0 Å². The third kappa shape index (κ3) is 1.30. The molecule has 2 N–H and O–H groups in total. The Labute approximate surface area is 81.1 Å². The number of aromatic nitrogens is 1. The van der Waals surface area contributed by atoms with Crippen LogP contribution in [0.25, 0.3) is 10.9 Å². The first-order valence-electron chi connectivity index (χ1n) is 4.82. The number of hydrogen-bond acceptors (Lipinski definition) is 1. The fraction of sp³-hybridized carbons (Fsp3) is 0.273. The lowest BCUT2D eigenvalue weighted by molar-refractivity contribution is 0.629. The molecule has 0 saturated carbocycles. The molecule has 2 heterocycles. The first-order chi connectivity index (χ1) is 6.83. The lowest BCUT2D eigenvalue weighted by atomic mass is 10.1. The van der Waals surface area contributed by atoms with E-state index in [4.69, 9.17) is 0 Å². The van der Waals surface area contributed by atoms with Gasteiger partial charge in [-0.25, -0.2) is 4.39 Å². The summed E-state index contributed by atoms with van der Waals surface area (Å²) in [5.41, 5.74) is 2.22. The van der Waals surface area contributed by atoms with Gasteiger partial charge in [0.25, 0.3) is 0 Å². The van der Waals surface area contributed by atoms with Crippen LogP contribution in [0.15, 0.2) is 24.4 Å². The summed E-state index contributed by atoms with van der Waals surface area (Å²) in [6, 6.07) is 5.47. The summed E-state index contributed by atoms with van der Waals surface area (Å²) in [7, 11) is 0. The Morgan fingerprint density at radius 3 is 3.07 bits per heavy atom. The van der Waals surface area contributed by atoms with E-state index < -0.39 is 0 Å². The van der Waals surface area contributed by atoms with Gasteiger partial charge < -0.3 is 10.3 Å². The SMILES string of the molecule is Fc1ccc2[nH]cc(C[C@H]3CN3)c2c1. The summed E-state index contributed by atoms with van der Waals surface area (Å²) >= 11 is 0. The van der Waals surface area contributed by atoms with Crippen molar-refractivity contribution in [2.45, 2.75) is 12.5 Å². The highest BCUT2D eigenvalue weighted by molar-refractivity contribution is 5.83. The van der Waals surface area contributed by atoms with Crippen molar-refractivity contribution in [3.8, 4) is 0 Å². The monoisotopic (exact) mass is 190 g/mol. The van der Waals surface area contributed by atoms with Crippen LogP contribution in [0.2, 0.25) is 0 Å². The van der Waals surface area contributed by atoms with Crippen molar-refractivity contribution in [2.24, 2.45) is 0 Å². The Hall–Kier alpha value is -1.35. The smallest absolute Gasteiger partial charge is 0.123 e. The minimum Gasteiger partial charge on any atom is -0.361 e. The highest BCUT2D eigenvalue weighted by Gasteiger charge is 2.21. The van der Waals surface area contributed by atoms with Crippen LogP contribution in [0.3, 0.4) is 0 Å². The van der Waals surface area contributed by atoms with Crippen molar-refractivity contribution >= 4 is 10.9 Å². The molecule has 3 heteroatoms. The summed E-state index contributed by atoms with van der Waals surface area (Å²) in [6.45, 7) is 1.09. The highest BCUT2D eigenvalue weighted by atomic mass is 19.1. The number of aromatic amines is 1. The van der Waals surface area contributed by atoms with Gasteiger partial charge in [0.05, 0.1) is 0 Å². The van der Waals surface area contributed by atoms with Crippen molar-refractivity contribution in [2.75, 3.05) is 6.54 Å². The third-order valence-electron chi connectivity index (χ3n) is 2.69. The molecule has 2 aromatic rings. The van der Waals surface area contributed by atoms with Gasteiger partial charge in [-0.05, 0) is 30.2 Å². The summed E-state index contributed by atoms with van der Waals surface area (Å²) in [4.78, 5) is 3.15. The molecule has 0 aliphatic carbocycles. The molecule has 14 heavy (non-hydrogen) atoms. The molecule has 0 amide bonds. The number of H-pyrrole nitrogens is 1. The van der Waals surface area contributed by atoms with E-state index in [1.807, 2.05) is 6.20 Å². The molecule has 0 bridgehead atoms. The standard InChI is InChI=1S/C11H11FN2/c12-8-1-2-11-10(4-8)7(5-14-11)3-9-6-13-9/h1-2,4-5,9,13-14H,3,6H2/t9-/m0/s1. The molecule has 3 rings (SSSR count).